The van der Waals surface area contributed by atoms with Gasteiger partial charge in [0, 0.05) is 31.6 Å². The maximum atomic E-state index is 12.1. The van der Waals surface area contributed by atoms with Crippen LogP contribution in [0.1, 0.15) is 25.3 Å². The van der Waals surface area contributed by atoms with Gasteiger partial charge in [-0.15, -0.1) is 12.4 Å². The second-order valence-corrected chi connectivity index (χ2v) is 6.09. The molecule has 1 amide bonds. The highest BCUT2D eigenvalue weighted by atomic mass is 35.5. The van der Waals surface area contributed by atoms with Gasteiger partial charge in [0.2, 0.25) is 5.91 Å². The lowest BCUT2D eigenvalue weighted by molar-refractivity contribution is -0.126. The lowest BCUT2D eigenvalue weighted by Crippen LogP contribution is -2.43. The molecule has 0 aromatic heterocycles. The van der Waals surface area contributed by atoms with Crippen LogP contribution in [0.25, 0.3) is 0 Å². The Morgan fingerprint density at radius 3 is 2.77 bits per heavy atom. The summed E-state index contributed by atoms with van der Waals surface area (Å²) in [5, 5.41) is 6.46. The van der Waals surface area contributed by atoms with Gasteiger partial charge in [-0.2, -0.15) is 0 Å². The number of piperidine rings is 1. The zero-order valence-corrected chi connectivity index (χ0v) is 14.4. The number of nitrogens with one attached hydrogen (secondary N) is 2. The summed E-state index contributed by atoms with van der Waals surface area (Å²) in [7, 11) is 2.09. The molecule has 0 saturated carbocycles. The van der Waals surface area contributed by atoms with Gasteiger partial charge in [-0.05, 0) is 38.9 Å². The topological polar surface area (TPSA) is 44.4 Å². The zero-order valence-electron chi connectivity index (χ0n) is 13.5. The van der Waals surface area contributed by atoms with E-state index in [1.165, 1.54) is 5.56 Å². The summed E-state index contributed by atoms with van der Waals surface area (Å²) in [5.74, 6) is 0.400. The van der Waals surface area contributed by atoms with Gasteiger partial charge in [0.15, 0.2) is 0 Å². The molecule has 1 heterocycles. The zero-order chi connectivity index (χ0) is 15.1. The molecular weight excluding hydrogens is 298 g/mol. The minimum atomic E-state index is 0. The summed E-state index contributed by atoms with van der Waals surface area (Å²) >= 11 is 0. The van der Waals surface area contributed by atoms with E-state index in [1.54, 1.807) is 0 Å². The van der Waals surface area contributed by atoms with Gasteiger partial charge >= 0.3 is 0 Å². The Bertz CT molecular complexity index is 441. The quantitative estimate of drug-likeness (QED) is 0.841. The number of nitrogens with zero attached hydrogens (tertiary/aromatic N) is 1. The average Bonchev–Trinajstić information content (AvgIpc) is 2.48. The van der Waals surface area contributed by atoms with Gasteiger partial charge in [0.05, 0.1) is 0 Å². The van der Waals surface area contributed by atoms with Gasteiger partial charge in [-0.3, -0.25) is 4.79 Å². The first-order chi connectivity index (χ1) is 10.1. The molecule has 1 aromatic rings. The molecule has 2 atom stereocenters. The van der Waals surface area contributed by atoms with E-state index in [1.807, 2.05) is 6.07 Å². The van der Waals surface area contributed by atoms with Gasteiger partial charge in [0.25, 0.3) is 0 Å². The molecule has 0 radical (unpaired) electrons. The summed E-state index contributed by atoms with van der Waals surface area (Å²) < 4.78 is 0. The van der Waals surface area contributed by atoms with Crippen molar-refractivity contribution in [3.05, 3.63) is 35.9 Å². The fourth-order valence-electron chi connectivity index (χ4n) is 2.86. The Hall–Kier alpha value is -1.10. The monoisotopic (exact) mass is 325 g/mol. The van der Waals surface area contributed by atoms with Crippen molar-refractivity contribution in [1.29, 1.82) is 0 Å². The SMILES string of the molecule is C[C@H]1C[C@@H](C(=O)NCCN(C)Cc2ccccc2)CCN1.Cl. The first-order valence-electron chi connectivity index (χ1n) is 7.88. The van der Waals surface area contributed by atoms with Crippen molar-refractivity contribution >= 4 is 18.3 Å². The van der Waals surface area contributed by atoms with Crippen LogP contribution in [0.5, 0.6) is 0 Å². The lowest BCUT2D eigenvalue weighted by atomic mass is 9.92. The lowest BCUT2D eigenvalue weighted by Gasteiger charge is -2.27. The predicted molar refractivity (Wildman–Crippen MR) is 93.2 cm³/mol. The first-order valence-corrected chi connectivity index (χ1v) is 7.88. The summed E-state index contributed by atoms with van der Waals surface area (Å²) in [5.41, 5.74) is 1.30. The summed E-state index contributed by atoms with van der Waals surface area (Å²) in [6.07, 6.45) is 1.90. The molecular formula is C17H28ClN3O. The number of rotatable bonds is 6. The molecule has 124 valence electrons. The van der Waals surface area contributed by atoms with Crippen molar-refractivity contribution in [2.24, 2.45) is 5.92 Å². The molecule has 2 N–H and O–H groups in total. The Kier molecular flexibility index (Phi) is 8.46. The van der Waals surface area contributed by atoms with E-state index in [-0.39, 0.29) is 24.2 Å². The highest BCUT2D eigenvalue weighted by molar-refractivity contribution is 5.85. The van der Waals surface area contributed by atoms with Gasteiger partial charge in [-0.25, -0.2) is 0 Å². The molecule has 22 heavy (non-hydrogen) atoms. The van der Waals surface area contributed by atoms with Crippen molar-refractivity contribution in [3.8, 4) is 0 Å². The fraction of sp³-hybridized carbons (Fsp3) is 0.588. The number of carbonyl (C=O) groups is 1. The number of hydrogen-bond donors (Lipinski definition) is 2. The van der Waals surface area contributed by atoms with Crippen molar-refractivity contribution in [1.82, 2.24) is 15.5 Å². The van der Waals surface area contributed by atoms with E-state index in [2.05, 4.69) is 53.8 Å². The van der Waals surface area contributed by atoms with Crippen LogP contribution in [0.4, 0.5) is 0 Å². The molecule has 0 bridgehead atoms. The Labute approximate surface area is 140 Å². The average molecular weight is 326 g/mol. The highest BCUT2D eigenvalue weighted by Crippen LogP contribution is 2.15. The number of likely N-dealkylation sites (N-methyl/N-ethyl adjacent to an activating group) is 1. The van der Waals surface area contributed by atoms with Crippen LogP contribution < -0.4 is 10.6 Å². The van der Waals surface area contributed by atoms with Crippen LogP contribution in [0, 0.1) is 5.92 Å². The molecule has 1 fully saturated rings. The summed E-state index contributed by atoms with van der Waals surface area (Å²) in [4.78, 5) is 14.4. The first kappa shape index (κ1) is 18.9. The van der Waals surface area contributed by atoms with Gasteiger partial charge in [-0.1, -0.05) is 30.3 Å². The van der Waals surface area contributed by atoms with E-state index in [9.17, 15) is 4.79 Å². The summed E-state index contributed by atoms with van der Waals surface area (Å²) in [6.45, 7) is 5.61. The van der Waals surface area contributed by atoms with Crippen LogP contribution in [-0.2, 0) is 11.3 Å². The molecule has 0 aliphatic carbocycles. The van der Waals surface area contributed by atoms with Crippen LogP contribution in [0.2, 0.25) is 0 Å². The number of benzene rings is 1. The van der Waals surface area contributed by atoms with Crippen LogP contribution in [0.15, 0.2) is 30.3 Å². The van der Waals surface area contributed by atoms with Gasteiger partial charge < -0.3 is 15.5 Å². The molecule has 2 rings (SSSR count). The molecule has 5 heteroatoms. The third kappa shape index (κ3) is 6.34. The van der Waals surface area contributed by atoms with E-state index >= 15 is 0 Å². The third-order valence-electron chi connectivity index (χ3n) is 4.08. The number of carbonyl (C=O) groups excluding carboxylic acids is 1. The van der Waals surface area contributed by atoms with Crippen molar-refractivity contribution in [2.75, 3.05) is 26.7 Å². The Balaban J connectivity index is 0.00000242. The van der Waals surface area contributed by atoms with E-state index in [0.29, 0.717) is 6.04 Å². The molecule has 0 spiro atoms. The van der Waals surface area contributed by atoms with Gasteiger partial charge in [0.1, 0.15) is 0 Å². The number of hydrogen-bond acceptors (Lipinski definition) is 3. The maximum Gasteiger partial charge on any atom is 0.223 e. The fourth-order valence-corrected chi connectivity index (χ4v) is 2.86. The number of amides is 1. The minimum Gasteiger partial charge on any atom is -0.355 e. The van der Waals surface area contributed by atoms with Crippen molar-refractivity contribution in [2.45, 2.75) is 32.4 Å². The smallest absolute Gasteiger partial charge is 0.223 e. The molecule has 1 saturated heterocycles. The number of halogens is 1. The van der Waals surface area contributed by atoms with E-state index < -0.39 is 0 Å². The molecule has 1 aromatic carbocycles. The third-order valence-corrected chi connectivity index (χ3v) is 4.08. The van der Waals surface area contributed by atoms with Crippen LogP contribution in [0.3, 0.4) is 0 Å². The standard InChI is InChI=1S/C17H27N3O.ClH/c1-14-12-16(8-9-18-14)17(21)19-10-11-20(2)13-15-6-4-3-5-7-15;/h3-7,14,16,18H,8-13H2,1-2H3,(H,19,21);1H/t14-,16-;/m0./s1. The minimum absolute atomic E-state index is 0. The predicted octanol–water partition coefficient (Wildman–Crippen LogP) is 2.04. The largest absolute Gasteiger partial charge is 0.355 e. The molecule has 1 aliphatic heterocycles. The molecule has 0 unspecified atom stereocenters. The maximum absolute atomic E-state index is 12.1. The second kappa shape index (κ2) is 9.82. The van der Waals surface area contributed by atoms with Crippen molar-refractivity contribution in [3.63, 3.8) is 0 Å². The van der Waals surface area contributed by atoms with E-state index in [4.69, 9.17) is 0 Å². The molecule has 4 nitrogen and oxygen atoms in total. The van der Waals surface area contributed by atoms with E-state index in [0.717, 1.165) is 39.0 Å². The Morgan fingerprint density at radius 2 is 2.09 bits per heavy atom. The second-order valence-electron chi connectivity index (χ2n) is 6.09. The normalized spacial score (nSPS) is 21.2. The van der Waals surface area contributed by atoms with Crippen LogP contribution >= 0.6 is 12.4 Å². The van der Waals surface area contributed by atoms with Crippen LogP contribution in [-0.4, -0.2) is 43.5 Å². The Morgan fingerprint density at radius 1 is 1.36 bits per heavy atom. The molecule has 1 aliphatic rings. The summed E-state index contributed by atoms with van der Waals surface area (Å²) in [6, 6.07) is 10.9. The van der Waals surface area contributed by atoms with Crippen molar-refractivity contribution < 1.29 is 4.79 Å². The highest BCUT2D eigenvalue weighted by Gasteiger charge is 2.24.